The van der Waals surface area contributed by atoms with E-state index in [1.165, 1.54) is 0 Å². The third kappa shape index (κ3) is 3.25. The number of benzene rings is 2. The van der Waals surface area contributed by atoms with Gasteiger partial charge in [0, 0.05) is 16.2 Å². The van der Waals surface area contributed by atoms with E-state index in [2.05, 4.69) is 32.6 Å². The molecule has 0 bridgehead atoms. The van der Waals surface area contributed by atoms with Gasteiger partial charge >= 0.3 is 6.03 Å². The minimum absolute atomic E-state index is 0.203. The zero-order valence-corrected chi connectivity index (χ0v) is 13.8. The van der Waals surface area contributed by atoms with Crippen molar-refractivity contribution < 1.29 is 9.53 Å². The molecule has 0 heterocycles. The molecule has 0 unspecified atom stereocenters. The average molecular weight is 361 g/mol. The highest BCUT2D eigenvalue weighted by atomic mass is 79.9. The van der Waals surface area contributed by atoms with Crippen LogP contribution in [0.15, 0.2) is 53.0 Å². The molecule has 1 fully saturated rings. The van der Waals surface area contributed by atoms with Crippen LogP contribution >= 0.6 is 15.9 Å². The highest BCUT2D eigenvalue weighted by Crippen LogP contribution is 2.46. The zero-order chi connectivity index (χ0) is 15.6. The first-order valence-corrected chi connectivity index (χ1v) is 7.90. The number of carbonyl (C=O) groups excluding carboxylic acids is 1. The Kier molecular flexibility index (Phi) is 4.07. The topological polar surface area (TPSA) is 50.4 Å². The van der Waals surface area contributed by atoms with Gasteiger partial charge in [0.25, 0.3) is 0 Å². The number of halogens is 1. The predicted octanol–water partition coefficient (Wildman–Crippen LogP) is 4.27. The highest BCUT2D eigenvalue weighted by molar-refractivity contribution is 9.10. The van der Waals surface area contributed by atoms with Gasteiger partial charge in [0.15, 0.2) is 0 Å². The Bertz CT molecular complexity index is 699. The summed E-state index contributed by atoms with van der Waals surface area (Å²) in [6, 6.07) is 15.2. The monoisotopic (exact) mass is 360 g/mol. The van der Waals surface area contributed by atoms with Crippen LogP contribution < -0.4 is 15.4 Å². The molecule has 0 radical (unpaired) electrons. The van der Waals surface area contributed by atoms with Gasteiger partial charge in [-0.3, -0.25) is 0 Å². The van der Waals surface area contributed by atoms with Crippen LogP contribution in [0, 0.1) is 0 Å². The van der Waals surface area contributed by atoms with Gasteiger partial charge in [0.2, 0.25) is 0 Å². The number of hydrogen-bond donors (Lipinski definition) is 2. The number of hydrogen-bond acceptors (Lipinski definition) is 2. The van der Waals surface area contributed by atoms with E-state index in [9.17, 15) is 4.79 Å². The summed E-state index contributed by atoms with van der Waals surface area (Å²) in [4.78, 5) is 12.3. The van der Waals surface area contributed by atoms with Crippen LogP contribution in [0.4, 0.5) is 10.5 Å². The van der Waals surface area contributed by atoms with Crippen LogP contribution in [0.2, 0.25) is 0 Å². The van der Waals surface area contributed by atoms with Crippen molar-refractivity contribution in [2.24, 2.45) is 0 Å². The van der Waals surface area contributed by atoms with E-state index in [1.54, 1.807) is 13.2 Å². The summed E-state index contributed by atoms with van der Waals surface area (Å²) in [6.07, 6.45) is 1.91. The molecule has 2 aromatic carbocycles. The van der Waals surface area contributed by atoms with Crippen LogP contribution in [0.5, 0.6) is 5.75 Å². The molecule has 0 aromatic heterocycles. The van der Waals surface area contributed by atoms with Gasteiger partial charge in [0.05, 0.1) is 12.6 Å². The fourth-order valence-corrected chi connectivity index (χ4v) is 2.88. The van der Waals surface area contributed by atoms with E-state index in [0.717, 1.165) is 22.9 Å². The number of urea groups is 1. The summed E-state index contributed by atoms with van der Waals surface area (Å²) >= 11 is 3.48. The lowest BCUT2D eigenvalue weighted by atomic mass is 10.1. The largest absolute Gasteiger partial charge is 0.497 e. The maximum atomic E-state index is 12.3. The van der Waals surface area contributed by atoms with Crippen LogP contribution in [0.3, 0.4) is 0 Å². The molecule has 2 aromatic rings. The lowest BCUT2D eigenvalue weighted by molar-refractivity contribution is 0.247. The standard InChI is InChI=1S/C17H17BrN2O2/c1-22-15-7-3-6-14(11-15)19-16(21)20-17(8-9-17)12-4-2-5-13(18)10-12/h2-7,10-11H,8-9H2,1H3,(H2,19,20,21). The Labute approximate surface area is 138 Å². The van der Waals surface area contributed by atoms with E-state index in [4.69, 9.17) is 4.74 Å². The summed E-state index contributed by atoms with van der Waals surface area (Å²) in [5, 5.41) is 5.94. The quantitative estimate of drug-likeness (QED) is 0.855. The highest BCUT2D eigenvalue weighted by Gasteiger charge is 2.45. The third-order valence-corrected chi connectivity index (χ3v) is 4.30. The van der Waals surface area contributed by atoms with Gasteiger partial charge in [-0.1, -0.05) is 34.1 Å². The third-order valence-electron chi connectivity index (χ3n) is 3.81. The molecule has 1 aliphatic rings. The van der Waals surface area contributed by atoms with Crippen molar-refractivity contribution in [1.29, 1.82) is 0 Å². The molecule has 4 nitrogen and oxygen atoms in total. The molecule has 2 amide bonds. The molecule has 0 aliphatic heterocycles. The number of nitrogens with one attached hydrogen (secondary N) is 2. The molecule has 3 rings (SSSR count). The Morgan fingerprint density at radius 2 is 1.95 bits per heavy atom. The van der Waals surface area contributed by atoms with Gasteiger partial charge in [-0.05, 0) is 42.7 Å². The Morgan fingerprint density at radius 3 is 2.64 bits per heavy atom. The molecule has 1 aliphatic carbocycles. The molecular formula is C17H17BrN2O2. The van der Waals surface area contributed by atoms with Crippen molar-refractivity contribution in [3.8, 4) is 5.75 Å². The first kappa shape index (κ1) is 14.9. The van der Waals surface area contributed by atoms with E-state index in [0.29, 0.717) is 11.4 Å². The molecule has 2 N–H and O–H groups in total. The molecule has 1 saturated carbocycles. The maximum absolute atomic E-state index is 12.3. The fraction of sp³-hybridized carbons (Fsp3) is 0.235. The minimum atomic E-state index is -0.243. The molecule has 0 saturated heterocycles. The van der Waals surface area contributed by atoms with Crippen LogP contribution in [0.25, 0.3) is 0 Å². The average Bonchev–Trinajstić information content (AvgIpc) is 3.28. The first-order valence-electron chi connectivity index (χ1n) is 7.11. The lowest BCUT2D eigenvalue weighted by Gasteiger charge is -2.19. The molecular weight excluding hydrogens is 344 g/mol. The van der Waals surface area contributed by atoms with Crippen molar-refractivity contribution in [2.75, 3.05) is 12.4 Å². The Hall–Kier alpha value is -2.01. The molecule has 5 heteroatoms. The minimum Gasteiger partial charge on any atom is -0.497 e. The van der Waals surface area contributed by atoms with Gasteiger partial charge in [0.1, 0.15) is 5.75 Å². The number of carbonyl (C=O) groups is 1. The number of methoxy groups -OCH3 is 1. The summed E-state index contributed by atoms with van der Waals surface area (Å²) in [7, 11) is 1.60. The SMILES string of the molecule is COc1cccc(NC(=O)NC2(c3cccc(Br)c3)CC2)c1. The molecule has 114 valence electrons. The van der Waals surface area contributed by atoms with Gasteiger partial charge in [-0.2, -0.15) is 0 Å². The predicted molar refractivity (Wildman–Crippen MR) is 90.2 cm³/mol. The van der Waals surface area contributed by atoms with Crippen LogP contribution in [0.1, 0.15) is 18.4 Å². The first-order chi connectivity index (χ1) is 10.6. The fourth-order valence-electron chi connectivity index (χ4n) is 2.48. The number of amides is 2. The van der Waals surface area contributed by atoms with E-state index < -0.39 is 0 Å². The van der Waals surface area contributed by atoms with Gasteiger partial charge in [-0.25, -0.2) is 4.79 Å². The van der Waals surface area contributed by atoms with Crippen LogP contribution in [-0.2, 0) is 5.54 Å². The summed E-state index contributed by atoms with van der Waals surface area (Å²) < 4.78 is 6.17. The van der Waals surface area contributed by atoms with Crippen molar-refractivity contribution in [2.45, 2.75) is 18.4 Å². The number of anilines is 1. The van der Waals surface area contributed by atoms with E-state index >= 15 is 0 Å². The van der Waals surface area contributed by atoms with Crippen molar-refractivity contribution in [3.05, 3.63) is 58.6 Å². The second-order valence-electron chi connectivity index (χ2n) is 5.40. The van der Waals surface area contributed by atoms with Gasteiger partial charge in [-0.15, -0.1) is 0 Å². The maximum Gasteiger partial charge on any atom is 0.319 e. The van der Waals surface area contributed by atoms with Gasteiger partial charge < -0.3 is 15.4 Å². The molecule has 22 heavy (non-hydrogen) atoms. The van der Waals surface area contributed by atoms with Crippen LogP contribution in [-0.4, -0.2) is 13.1 Å². The second kappa shape index (κ2) is 6.01. The molecule has 0 atom stereocenters. The van der Waals surface area contributed by atoms with Crippen molar-refractivity contribution in [1.82, 2.24) is 5.32 Å². The Morgan fingerprint density at radius 1 is 1.18 bits per heavy atom. The van der Waals surface area contributed by atoms with Crippen molar-refractivity contribution >= 4 is 27.6 Å². The summed E-state index contributed by atoms with van der Waals surface area (Å²) in [5.41, 5.74) is 1.59. The smallest absolute Gasteiger partial charge is 0.319 e. The second-order valence-corrected chi connectivity index (χ2v) is 6.32. The Balaban J connectivity index is 1.69. The number of ether oxygens (including phenoxy) is 1. The normalized spacial score (nSPS) is 15.0. The lowest BCUT2D eigenvalue weighted by Crippen LogP contribution is -2.38. The van der Waals surface area contributed by atoms with E-state index in [1.807, 2.05) is 36.4 Å². The summed E-state index contributed by atoms with van der Waals surface area (Å²) in [5.74, 6) is 0.714. The zero-order valence-electron chi connectivity index (χ0n) is 12.2. The van der Waals surface area contributed by atoms with Crippen molar-refractivity contribution in [3.63, 3.8) is 0 Å². The summed E-state index contributed by atoms with van der Waals surface area (Å²) in [6.45, 7) is 0. The van der Waals surface area contributed by atoms with E-state index in [-0.39, 0.29) is 11.6 Å². The number of rotatable bonds is 4. The molecule has 0 spiro atoms.